The van der Waals surface area contributed by atoms with Crippen LogP contribution in [0, 0.1) is 0 Å². The van der Waals surface area contributed by atoms with Crippen LogP contribution in [0.15, 0.2) is 42.5 Å². The van der Waals surface area contributed by atoms with Gasteiger partial charge in [-0.05, 0) is 43.1 Å². The van der Waals surface area contributed by atoms with Crippen molar-refractivity contribution < 1.29 is 19.5 Å². The van der Waals surface area contributed by atoms with E-state index >= 15 is 0 Å². The summed E-state index contributed by atoms with van der Waals surface area (Å²) in [5.41, 5.74) is 3.06. The molecule has 26 heavy (non-hydrogen) atoms. The maximum Gasteiger partial charge on any atom is 0.451 e. The first-order valence-electron chi connectivity index (χ1n) is 8.94. The summed E-state index contributed by atoms with van der Waals surface area (Å²) in [7, 11) is -1.21. The molecule has 2 N–H and O–H groups in total. The Labute approximate surface area is 152 Å². The Kier molecular flexibility index (Phi) is 4.82. The Morgan fingerprint density at radius 2 is 1.85 bits per heavy atom. The highest BCUT2D eigenvalue weighted by Crippen LogP contribution is 2.36. The first-order chi connectivity index (χ1) is 12.7. The van der Waals surface area contributed by atoms with E-state index in [1.165, 1.54) is 0 Å². The quantitative estimate of drug-likeness (QED) is 0.505. The molecule has 6 nitrogen and oxygen atoms in total. The SMILES string of the molecule is OB(O)CCCCCn1c(-c2ccc3c(c2)OCO3)nc2ccccc21. The minimum absolute atomic E-state index is 0.256. The number of fused-ring (bicyclic) bond motifs is 2. The van der Waals surface area contributed by atoms with Gasteiger partial charge in [0.2, 0.25) is 6.79 Å². The van der Waals surface area contributed by atoms with Crippen molar-refractivity contribution in [2.75, 3.05) is 6.79 Å². The molecule has 0 amide bonds. The lowest BCUT2D eigenvalue weighted by Crippen LogP contribution is -2.09. The van der Waals surface area contributed by atoms with Gasteiger partial charge in [-0.3, -0.25) is 0 Å². The highest BCUT2D eigenvalue weighted by Gasteiger charge is 2.18. The monoisotopic (exact) mass is 352 g/mol. The van der Waals surface area contributed by atoms with Gasteiger partial charge in [-0.2, -0.15) is 0 Å². The molecule has 1 aliphatic heterocycles. The van der Waals surface area contributed by atoms with E-state index in [2.05, 4.69) is 10.6 Å². The minimum atomic E-state index is -1.21. The second-order valence-electron chi connectivity index (χ2n) is 6.47. The molecule has 0 saturated heterocycles. The summed E-state index contributed by atoms with van der Waals surface area (Å²) in [6, 6.07) is 14.0. The lowest BCUT2D eigenvalue weighted by Gasteiger charge is -2.10. The summed E-state index contributed by atoms with van der Waals surface area (Å²) in [4.78, 5) is 4.82. The van der Waals surface area contributed by atoms with Crippen LogP contribution < -0.4 is 9.47 Å². The van der Waals surface area contributed by atoms with Gasteiger partial charge >= 0.3 is 7.12 Å². The van der Waals surface area contributed by atoms with Crippen LogP contribution in [0.4, 0.5) is 0 Å². The molecule has 0 fully saturated rings. The second kappa shape index (κ2) is 7.39. The van der Waals surface area contributed by atoms with Crippen LogP contribution in [0.3, 0.4) is 0 Å². The van der Waals surface area contributed by atoms with Gasteiger partial charge in [0, 0.05) is 12.1 Å². The molecule has 0 bridgehead atoms. The Hall–Kier alpha value is -2.51. The third kappa shape index (κ3) is 3.40. The number of hydrogen-bond acceptors (Lipinski definition) is 5. The van der Waals surface area contributed by atoms with E-state index in [1.54, 1.807) is 0 Å². The van der Waals surface area contributed by atoms with E-state index < -0.39 is 7.12 Å². The summed E-state index contributed by atoms with van der Waals surface area (Å²) in [6.45, 7) is 1.08. The number of aryl methyl sites for hydroxylation is 1. The molecule has 134 valence electrons. The number of rotatable bonds is 7. The summed E-state index contributed by atoms with van der Waals surface area (Å²) in [5.74, 6) is 2.42. The van der Waals surface area contributed by atoms with Gasteiger partial charge < -0.3 is 24.1 Å². The van der Waals surface area contributed by atoms with Crippen molar-refractivity contribution in [3.8, 4) is 22.9 Å². The fourth-order valence-corrected chi connectivity index (χ4v) is 3.33. The molecule has 0 atom stereocenters. The van der Waals surface area contributed by atoms with E-state index in [-0.39, 0.29) is 6.79 Å². The topological polar surface area (TPSA) is 76.7 Å². The zero-order valence-electron chi connectivity index (χ0n) is 14.5. The van der Waals surface area contributed by atoms with Crippen molar-refractivity contribution in [3.05, 3.63) is 42.5 Å². The van der Waals surface area contributed by atoms with Crippen LogP contribution in [-0.2, 0) is 6.54 Å². The number of hydrogen-bond donors (Lipinski definition) is 2. The lowest BCUT2D eigenvalue weighted by molar-refractivity contribution is 0.174. The van der Waals surface area contributed by atoms with E-state index in [1.807, 2.05) is 36.4 Å². The molecular weight excluding hydrogens is 331 g/mol. The highest BCUT2D eigenvalue weighted by atomic mass is 16.7. The molecule has 1 aromatic heterocycles. The van der Waals surface area contributed by atoms with Crippen LogP contribution in [0.25, 0.3) is 22.4 Å². The fraction of sp³-hybridized carbons (Fsp3) is 0.316. The number of para-hydroxylation sites is 2. The Bertz CT molecular complexity index is 910. The zero-order valence-corrected chi connectivity index (χ0v) is 14.5. The molecule has 0 saturated carbocycles. The van der Waals surface area contributed by atoms with Gasteiger partial charge in [-0.25, -0.2) is 4.98 Å². The third-order valence-corrected chi connectivity index (χ3v) is 4.63. The fourth-order valence-electron chi connectivity index (χ4n) is 3.33. The van der Waals surface area contributed by atoms with E-state index in [4.69, 9.17) is 24.5 Å². The normalized spacial score (nSPS) is 12.7. The van der Waals surface area contributed by atoms with Crippen molar-refractivity contribution in [1.29, 1.82) is 0 Å². The van der Waals surface area contributed by atoms with Crippen molar-refractivity contribution >= 4 is 18.2 Å². The number of unbranched alkanes of at least 4 members (excludes halogenated alkanes) is 2. The Balaban J connectivity index is 1.61. The van der Waals surface area contributed by atoms with Crippen LogP contribution in [0.5, 0.6) is 11.5 Å². The first kappa shape index (κ1) is 16.9. The highest BCUT2D eigenvalue weighted by molar-refractivity contribution is 6.40. The van der Waals surface area contributed by atoms with Crippen molar-refractivity contribution in [3.63, 3.8) is 0 Å². The number of imidazole rings is 1. The molecule has 0 aliphatic carbocycles. The standard InChI is InChI=1S/C19H21BN2O4/c23-20(24)10-4-1-5-11-22-16-7-3-2-6-15(16)21-19(22)14-8-9-17-18(12-14)26-13-25-17/h2-3,6-9,12,23-24H,1,4-5,10-11,13H2. The lowest BCUT2D eigenvalue weighted by atomic mass is 9.83. The predicted octanol–water partition coefficient (Wildman–Crippen LogP) is 3.08. The van der Waals surface area contributed by atoms with Gasteiger partial charge in [0.15, 0.2) is 11.5 Å². The smallest absolute Gasteiger partial charge is 0.451 e. The average molecular weight is 352 g/mol. The molecule has 0 radical (unpaired) electrons. The van der Waals surface area contributed by atoms with Crippen molar-refractivity contribution in [2.45, 2.75) is 32.1 Å². The Morgan fingerprint density at radius 1 is 1.00 bits per heavy atom. The van der Waals surface area contributed by atoms with Gasteiger partial charge in [0.1, 0.15) is 5.82 Å². The second-order valence-corrected chi connectivity index (χ2v) is 6.47. The summed E-state index contributed by atoms with van der Waals surface area (Å²) in [6.07, 6.45) is 3.10. The van der Waals surface area contributed by atoms with Gasteiger partial charge in [-0.15, -0.1) is 0 Å². The molecule has 0 spiro atoms. The third-order valence-electron chi connectivity index (χ3n) is 4.63. The minimum Gasteiger partial charge on any atom is -0.454 e. The number of aromatic nitrogens is 2. The van der Waals surface area contributed by atoms with Crippen molar-refractivity contribution in [2.24, 2.45) is 0 Å². The molecule has 3 aromatic rings. The molecule has 2 heterocycles. The maximum atomic E-state index is 8.96. The molecule has 7 heteroatoms. The van der Waals surface area contributed by atoms with E-state index in [9.17, 15) is 0 Å². The molecule has 1 aliphatic rings. The largest absolute Gasteiger partial charge is 0.454 e. The summed E-state index contributed by atoms with van der Waals surface area (Å²) in [5, 5.41) is 17.9. The number of benzene rings is 2. The molecular formula is C19H21BN2O4. The Morgan fingerprint density at radius 3 is 2.73 bits per heavy atom. The zero-order chi connectivity index (χ0) is 17.9. The summed E-state index contributed by atoms with van der Waals surface area (Å²) < 4.78 is 13.1. The average Bonchev–Trinajstić information content (AvgIpc) is 3.25. The van der Waals surface area contributed by atoms with Crippen LogP contribution in [0.2, 0.25) is 6.32 Å². The van der Waals surface area contributed by atoms with E-state index in [0.29, 0.717) is 6.32 Å². The van der Waals surface area contributed by atoms with Crippen LogP contribution in [0.1, 0.15) is 19.3 Å². The van der Waals surface area contributed by atoms with Gasteiger partial charge in [0.25, 0.3) is 0 Å². The van der Waals surface area contributed by atoms with Crippen LogP contribution in [-0.4, -0.2) is 33.5 Å². The number of nitrogens with zero attached hydrogens (tertiary/aromatic N) is 2. The molecule has 0 unspecified atom stereocenters. The molecule has 2 aromatic carbocycles. The van der Waals surface area contributed by atoms with Crippen LogP contribution >= 0.6 is 0 Å². The van der Waals surface area contributed by atoms with E-state index in [0.717, 1.165) is 59.7 Å². The van der Waals surface area contributed by atoms with Crippen molar-refractivity contribution in [1.82, 2.24) is 9.55 Å². The van der Waals surface area contributed by atoms with Gasteiger partial charge in [-0.1, -0.05) is 25.0 Å². The predicted molar refractivity (Wildman–Crippen MR) is 100 cm³/mol. The molecule has 4 rings (SSSR count). The number of ether oxygens (including phenoxy) is 2. The first-order valence-corrected chi connectivity index (χ1v) is 8.94. The van der Waals surface area contributed by atoms with Gasteiger partial charge in [0.05, 0.1) is 11.0 Å². The maximum absolute atomic E-state index is 8.96. The summed E-state index contributed by atoms with van der Waals surface area (Å²) >= 11 is 0.